The van der Waals surface area contributed by atoms with Crippen LogP contribution in [0.3, 0.4) is 0 Å². The van der Waals surface area contributed by atoms with Gasteiger partial charge in [-0.15, -0.1) is 0 Å². The fourth-order valence-electron chi connectivity index (χ4n) is 1.77. The van der Waals surface area contributed by atoms with E-state index in [1.165, 1.54) is 10.9 Å². The molecule has 0 radical (unpaired) electrons. The molecule has 0 aliphatic rings. The van der Waals surface area contributed by atoms with Crippen molar-refractivity contribution in [1.82, 2.24) is 4.98 Å². The maximum absolute atomic E-state index is 4.42. The minimum Gasteiger partial charge on any atom is -0.380 e. The third kappa shape index (κ3) is 2.29. The van der Waals surface area contributed by atoms with Gasteiger partial charge < -0.3 is 5.32 Å². The molecule has 0 spiro atoms. The average molecular weight is 240 g/mol. The Bertz CT molecular complexity index is 617. The molecule has 0 aliphatic heterocycles. The van der Waals surface area contributed by atoms with Gasteiger partial charge in [0.05, 0.1) is 17.4 Å². The van der Waals surface area contributed by atoms with E-state index in [9.17, 15) is 0 Å². The third-order valence-electron chi connectivity index (χ3n) is 2.67. The van der Waals surface area contributed by atoms with Crippen molar-refractivity contribution in [3.05, 3.63) is 58.9 Å². The summed E-state index contributed by atoms with van der Waals surface area (Å²) in [6, 6.07) is 12.4. The van der Waals surface area contributed by atoms with E-state index in [4.69, 9.17) is 0 Å². The van der Waals surface area contributed by atoms with Gasteiger partial charge in [-0.1, -0.05) is 18.2 Å². The van der Waals surface area contributed by atoms with Crippen molar-refractivity contribution in [2.75, 3.05) is 5.32 Å². The fraction of sp³-hybridized carbons (Fsp3) is 0.0714. The zero-order valence-corrected chi connectivity index (χ0v) is 10.1. The van der Waals surface area contributed by atoms with Crippen LogP contribution in [0, 0.1) is 0 Å². The number of fused-ring (bicyclic) bond motifs is 1. The molecule has 0 bridgehead atoms. The van der Waals surface area contributed by atoms with Crippen molar-refractivity contribution < 1.29 is 0 Å². The summed E-state index contributed by atoms with van der Waals surface area (Å²) in [6.07, 6.45) is 1.88. The molecule has 84 valence electrons. The van der Waals surface area contributed by atoms with Crippen LogP contribution in [0.15, 0.2) is 53.4 Å². The predicted molar refractivity (Wildman–Crippen MR) is 73.4 cm³/mol. The molecule has 3 rings (SSSR count). The van der Waals surface area contributed by atoms with E-state index >= 15 is 0 Å². The summed E-state index contributed by atoms with van der Waals surface area (Å²) in [6.45, 7) is 0.851. The number of anilines is 1. The van der Waals surface area contributed by atoms with Crippen LogP contribution in [0.25, 0.3) is 10.9 Å². The van der Waals surface area contributed by atoms with Crippen LogP contribution in [0.4, 0.5) is 5.69 Å². The average Bonchev–Trinajstić information content (AvgIpc) is 2.89. The first-order valence-electron chi connectivity index (χ1n) is 5.51. The second kappa shape index (κ2) is 4.55. The van der Waals surface area contributed by atoms with Gasteiger partial charge in [0.25, 0.3) is 0 Å². The van der Waals surface area contributed by atoms with Crippen LogP contribution in [-0.4, -0.2) is 4.98 Å². The standard InChI is InChI=1S/C14H12N2S/c1-2-4-14-12(3-1)7-13(9-16-14)15-8-11-5-6-17-10-11/h1-7,9-10,15H,8H2. The number of nitrogens with zero attached hydrogens (tertiary/aromatic N) is 1. The molecule has 0 aliphatic carbocycles. The molecule has 3 aromatic rings. The van der Waals surface area contributed by atoms with Crippen LogP contribution in [0.1, 0.15) is 5.56 Å². The lowest BCUT2D eigenvalue weighted by atomic mass is 10.2. The van der Waals surface area contributed by atoms with Crippen molar-refractivity contribution in [1.29, 1.82) is 0 Å². The Balaban J connectivity index is 1.81. The van der Waals surface area contributed by atoms with Gasteiger partial charge >= 0.3 is 0 Å². The van der Waals surface area contributed by atoms with E-state index in [-0.39, 0.29) is 0 Å². The minimum absolute atomic E-state index is 0.851. The molecular weight excluding hydrogens is 228 g/mol. The summed E-state index contributed by atoms with van der Waals surface area (Å²) in [5, 5.41) is 8.80. The molecule has 0 saturated carbocycles. The van der Waals surface area contributed by atoms with Crippen LogP contribution >= 0.6 is 11.3 Å². The van der Waals surface area contributed by atoms with E-state index in [2.05, 4.69) is 39.3 Å². The number of rotatable bonds is 3. The Morgan fingerprint density at radius 1 is 1.18 bits per heavy atom. The van der Waals surface area contributed by atoms with E-state index in [1.807, 2.05) is 24.4 Å². The molecule has 1 aromatic carbocycles. The molecule has 2 heterocycles. The van der Waals surface area contributed by atoms with Crippen LogP contribution in [0.5, 0.6) is 0 Å². The lowest BCUT2D eigenvalue weighted by Gasteiger charge is -2.05. The van der Waals surface area contributed by atoms with Crippen LogP contribution in [-0.2, 0) is 6.54 Å². The molecule has 2 nitrogen and oxygen atoms in total. The van der Waals surface area contributed by atoms with Crippen LogP contribution in [0.2, 0.25) is 0 Å². The Morgan fingerprint density at radius 3 is 3.00 bits per heavy atom. The van der Waals surface area contributed by atoms with E-state index in [0.717, 1.165) is 17.7 Å². The third-order valence-corrected chi connectivity index (χ3v) is 3.40. The van der Waals surface area contributed by atoms with Gasteiger partial charge in [0, 0.05) is 11.9 Å². The summed E-state index contributed by atoms with van der Waals surface area (Å²) in [7, 11) is 0. The van der Waals surface area contributed by atoms with Gasteiger partial charge in [-0.25, -0.2) is 0 Å². The van der Waals surface area contributed by atoms with Crippen molar-refractivity contribution in [2.45, 2.75) is 6.54 Å². The van der Waals surface area contributed by atoms with Crippen LogP contribution < -0.4 is 5.32 Å². The Kier molecular flexibility index (Phi) is 2.76. The number of benzene rings is 1. The highest BCUT2D eigenvalue weighted by molar-refractivity contribution is 7.07. The van der Waals surface area contributed by atoms with Gasteiger partial charge in [0.2, 0.25) is 0 Å². The van der Waals surface area contributed by atoms with Crippen molar-refractivity contribution >= 4 is 27.9 Å². The Morgan fingerprint density at radius 2 is 2.12 bits per heavy atom. The number of nitrogens with one attached hydrogen (secondary N) is 1. The van der Waals surface area contributed by atoms with Crippen molar-refractivity contribution in [3.8, 4) is 0 Å². The summed E-state index contributed by atoms with van der Waals surface area (Å²) in [5.74, 6) is 0. The monoisotopic (exact) mass is 240 g/mol. The number of thiophene rings is 1. The van der Waals surface area contributed by atoms with Gasteiger partial charge in [-0.2, -0.15) is 11.3 Å². The highest BCUT2D eigenvalue weighted by Crippen LogP contribution is 2.17. The fourth-order valence-corrected chi connectivity index (χ4v) is 2.43. The summed E-state index contributed by atoms with van der Waals surface area (Å²) in [5.41, 5.74) is 3.41. The molecule has 0 atom stereocenters. The SMILES string of the molecule is c1ccc2ncc(NCc3ccsc3)cc2c1. The second-order valence-electron chi connectivity index (χ2n) is 3.90. The molecule has 3 heteroatoms. The quantitative estimate of drug-likeness (QED) is 0.750. The van der Waals surface area contributed by atoms with E-state index in [0.29, 0.717) is 0 Å². The highest BCUT2D eigenvalue weighted by Gasteiger charge is 1.97. The first-order valence-corrected chi connectivity index (χ1v) is 6.46. The van der Waals surface area contributed by atoms with E-state index < -0.39 is 0 Å². The number of pyridine rings is 1. The maximum Gasteiger partial charge on any atom is 0.0703 e. The first kappa shape index (κ1) is 10.3. The van der Waals surface area contributed by atoms with Crippen molar-refractivity contribution in [3.63, 3.8) is 0 Å². The topological polar surface area (TPSA) is 24.9 Å². The zero-order chi connectivity index (χ0) is 11.5. The lowest BCUT2D eigenvalue weighted by molar-refractivity contribution is 1.16. The number of hydrogen-bond donors (Lipinski definition) is 1. The number of aromatic nitrogens is 1. The summed E-state index contributed by atoms with van der Waals surface area (Å²) < 4.78 is 0. The second-order valence-corrected chi connectivity index (χ2v) is 4.68. The normalized spacial score (nSPS) is 10.6. The molecule has 1 N–H and O–H groups in total. The summed E-state index contributed by atoms with van der Waals surface area (Å²) >= 11 is 1.72. The molecule has 0 amide bonds. The minimum atomic E-state index is 0.851. The molecular formula is C14H12N2S. The lowest BCUT2D eigenvalue weighted by Crippen LogP contribution is -1.98. The predicted octanol–water partition coefficient (Wildman–Crippen LogP) is 3.91. The zero-order valence-electron chi connectivity index (χ0n) is 9.26. The molecule has 17 heavy (non-hydrogen) atoms. The highest BCUT2D eigenvalue weighted by atomic mass is 32.1. The van der Waals surface area contributed by atoms with Gasteiger partial charge in [0.1, 0.15) is 0 Å². The summed E-state index contributed by atoms with van der Waals surface area (Å²) in [4.78, 5) is 4.42. The van der Waals surface area contributed by atoms with Gasteiger partial charge in [-0.3, -0.25) is 4.98 Å². The smallest absolute Gasteiger partial charge is 0.0703 e. The molecule has 2 aromatic heterocycles. The van der Waals surface area contributed by atoms with Gasteiger partial charge in [-0.05, 0) is 34.5 Å². The van der Waals surface area contributed by atoms with Crippen molar-refractivity contribution in [2.24, 2.45) is 0 Å². The number of para-hydroxylation sites is 1. The Hall–Kier alpha value is -1.87. The number of hydrogen-bond acceptors (Lipinski definition) is 3. The Labute approximate surface area is 104 Å². The first-order chi connectivity index (χ1) is 8.42. The molecule has 0 unspecified atom stereocenters. The molecule has 0 saturated heterocycles. The van der Waals surface area contributed by atoms with Gasteiger partial charge in [0.15, 0.2) is 0 Å². The largest absolute Gasteiger partial charge is 0.380 e. The maximum atomic E-state index is 4.42. The van der Waals surface area contributed by atoms with E-state index in [1.54, 1.807) is 11.3 Å². The molecule has 0 fully saturated rings.